The number of hydrogen-bond acceptors (Lipinski definition) is 2. The number of pyridine rings is 2. The molecule has 5 aromatic rings. The van der Waals surface area contributed by atoms with Gasteiger partial charge in [-0.25, -0.2) is 4.98 Å². The van der Waals surface area contributed by atoms with E-state index in [2.05, 4.69) is 105 Å². The Bertz CT molecular complexity index is 1450. The van der Waals surface area contributed by atoms with Crippen molar-refractivity contribution >= 4 is 10.9 Å². The summed E-state index contributed by atoms with van der Waals surface area (Å²) in [5, 5.41) is 1.17. The highest BCUT2D eigenvalue weighted by Gasteiger charge is 2.36. The SMILES string of the molecule is CC1(C)c2ccccc2-c2ncc(-c3cc(-c4ccccc4)c4ccccc4n3)cc21. The predicted octanol–water partition coefficient (Wildman–Crippen LogP) is 7.27. The third kappa shape index (κ3) is 2.72. The second-order valence-electron chi connectivity index (χ2n) is 8.73. The molecule has 0 spiro atoms. The summed E-state index contributed by atoms with van der Waals surface area (Å²) in [5.41, 5.74) is 10.3. The Morgan fingerprint density at radius 2 is 1.39 bits per heavy atom. The number of rotatable bonds is 2. The summed E-state index contributed by atoms with van der Waals surface area (Å²) in [6.45, 7) is 4.57. The minimum atomic E-state index is -0.0754. The highest BCUT2D eigenvalue weighted by atomic mass is 14.7. The molecule has 0 amide bonds. The molecule has 3 aromatic carbocycles. The van der Waals surface area contributed by atoms with Crippen LogP contribution in [0.5, 0.6) is 0 Å². The molecule has 2 heteroatoms. The molecule has 31 heavy (non-hydrogen) atoms. The lowest BCUT2D eigenvalue weighted by Crippen LogP contribution is -2.15. The van der Waals surface area contributed by atoms with Crippen molar-refractivity contribution in [3.63, 3.8) is 0 Å². The van der Waals surface area contributed by atoms with Crippen molar-refractivity contribution in [1.82, 2.24) is 9.97 Å². The molecule has 1 aliphatic carbocycles. The predicted molar refractivity (Wildman–Crippen MR) is 128 cm³/mol. The van der Waals surface area contributed by atoms with Crippen LogP contribution in [0.3, 0.4) is 0 Å². The fourth-order valence-corrected chi connectivity index (χ4v) is 4.86. The van der Waals surface area contributed by atoms with E-state index in [0.29, 0.717) is 0 Å². The van der Waals surface area contributed by atoms with Gasteiger partial charge in [-0.2, -0.15) is 0 Å². The first-order chi connectivity index (χ1) is 15.1. The van der Waals surface area contributed by atoms with Crippen molar-refractivity contribution < 1.29 is 0 Å². The highest BCUT2D eigenvalue weighted by molar-refractivity contribution is 5.96. The monoisotopic (exact) mass is 398 g/mol. The van der Waals surface area contributed by atoms with E-state index in [1.807, 2.05) is 6.20 Å². The van der Waals surface area contributed by atoms with E-state index in [9.17, 15) is 0 Å². The Hall–Kier alpha value is -3.78. The standard InChI is InChI=1S/C29H22N2/c1-29(2)24-14-8-6-13-22(24)28-25(29)16-20(18-30-28)27-17-23(19-10-4-3-5-11-19)21-12-7-9-15-26(21)31-27/h3-18H,1-2H3. The molecule has 0 unspecified atom stereocenters. The maximum absolute atomic E-state index is 5.01. The molecular weight excluding hydrogens is 376 g/mol. The summed E-state index contributed by atoms with van der Waals surface area (Å²) in [6.07, 6.45) is 1.98. The van der Waals surface area contributed by atoms with Crippen LogP contribution in [0.25, 0.3) is 44.5 Å². The van der Waals surface area contributed by atoms with Gasteiger partial charge in [-0.1, -0.05) is 86.6 Å². The zero-order chi connectivity index (χ0) is 21.0. The zero-order valence-corrected chi connectivity index (χ0v) is 17.6. The average molecular weight is 399 g/mol. The number of para-hydroxylation sites is 1. The van der Waals surface area contributed by atoms with Crippen molar-refractivity contribution in [2.45, 2.75) is 19.3 Å². The van der Waals surface area contributed by atoms with Crippen molar-refractivity contribution in [3.8, 4) is 33.6 Å². The lowest BCUT2D eigenvalue weighted by Gasteiger charge is -2.21. The summed E-state index contributed by atoms with van der Waals surface area (Å²) in [6, 6.07) is 32.0. The Balaban J connectivity index is 1.57. The molecule has 0 bridgehead atoms. The van der Waals surface area contributed by atoms with Crippen LogP contribution in [0.4, 0.5) is 0 Å². The topological polar surface area (TPSA) is 25.8 Å². The van der Waals surface area contributed by atoms with Crippen LogP contribution in [0.15, 0.2) is 97.2 Å². The van der Waals surface area contributed by atoms with Crippen LogP contribution in [0, 0.1) is 0 Å². The first-order valence-corrected chi connectivity index (χ1v) is 10.7. The smallest absolute Gasteiger partial charge is 0.0746 e. The largest absolute Gasteiger partial charge is 0.255 e. The van der Waals surface area contributed by atoms with Gasteiger partial charge in [0.2, 0.25) is 0 Å². The maximum Gasteiger partial charge on any atom is 0.0746 e. The van der Waals surface area contributed by atoms with Gasteiger partial charge in [0.15, 0.2) is 0 Å². The highest BCUT2D eigenvalue weighted by Crippen LogP contribution is 2.48. The second kappa shape index (κ2) is 6.61. The van der Waals surface area contributed by atoms with E-state index in [0.717, 1.165) is 22.5 Å². The Labute approximate surface area is 182 Å². The molecule has 0 fully saturated rings. The molecule has 148 valence electrons. The first-order valence-electron chi connectivity index (χ1n) is 10.7. The molecule has 0 aliphatic heterocycles. The summed E-state index contributed by atoms with van der Waals surface area (Å²) in [5.74, 6) is 0. The quantitative estimate of drug-likeness (QED) is 0.312. The molecule has 2 aromatic heterocycles. The summed E-state index contributed by atoms with van der Waals surface area (Å²) >= 11 is 0. The molecular formula is C29H22N2. The van der Waals surface area contributed by atoms with Crippen LogP contribution in [-0.4, -0.2) is 9.97 Å². The van der Waals surface area contributed by atoms with E-state index in [-0.39, 0.29) is 5.41 Å². The van der Waals surface area contributed by atoms with E-state index in [1.165, 1.54) is 33.2 Å². The number of nitrogens with zero attached hydrogens (tertiary/aromatic N) is 2. The average Bonchev–Trinajstić information content (AvgIpc) is 3.06. The molecule has 6 rings (SSSR count). The Morgan fingerprint density at radius 3 is 2.26 bits per heavy atom. The lowest BCUT2D eigenvalue weighted by molar-refractivity contribution is 0.659. The molecule has 0 N–H and O–H groups in total. The lowest BCUT2D eigenvalue weighted by atomic mass is 9.82. The summed E-state index contributed by atoms with van der Waals surface area (Å²) in [4.78, 5) is 9.93. The van der Waals surface area contributed by atoms with E-state index >= 15 is 0 Å². The molecule has 0 atom stereocenters. The van der Waals surface area contributed by atoms with Gasteiger partial charge in [0.25, 0.3) is 0 Å². The van der Waals surface area contributed by atoms with Crippen LogP contribution in [0.2, 0.25) is 0 Å². The molecule has 1 aliphatic rings. The number of fused-ring (bicyclic) bond motifs is 4. The minimum Gasteiger partial charge on any atom is -0.255 e. The fourth-order valence-electron chi connectivity index (χ4n) is 4.86. The summed E-state index contributed by atoms with van der Waals surface area (Å²) in [7, 11) is 0. The Kier molecular flexibility index (Phi) is 3.85. The van der Waals surface area contributed by atoms with Gasteiger partial charge in [0.05, 0.1) is 16.9 Å². The van der Waals surface area contributed by atoms with Crippen molar-refractivity contribution in [3.05, 3.63) is 108 Å². The molecule has 0 saturated carbocycles. The molecule has 0 radical (unpaired) electrons. The van der Waals surface area contributed by atoms with Crippen LogP contribution in [0.1, 0.15) is 25.0 Å². The number of hydrogen-bond donors (Lipinski definition) is 0. The van der Waals surface area contributed by atoms with Gasteiger partial charge < -0.3 is 0 Å². The van der Waals surface area contributed by atoms with Gasteiger partial charge in [-0.3, -0.25) is 4.98 Å². The molecule has 2 nitrogen and oxygen atoms in total. The van der Waals surface area contributed by atoms with Crippen molar-refractivity contribution in [2.24, 2.45) is 0 Å². The first kappa shape index (κ1) is 18.0. The van der Waals surface area contributed by atoms with Crippen molar-refractivity contribution in [2.75, 3.05) is 0 Å². The summed E-state index contributed by atoms with van der Waals surface area (Å²) < 4.78 is 0. The van der Waals surface area contributed by atoms with Gasteiger partial charge >= 0.3 is 0 Å². The number of aromatic nitrogens is 2. The zero-order valence-electron chi connectivity index (χ0n) is 17.6. The van der Waals surface area contributed by atoms with E-state index < -0.39 is 0 Å². The normalized spacial score (nSPS) is 13.7. The molecule has 0 saturated heterocycles. The Morgan fingerprint density at radius 1 is 0.645 bits per heavy atom. The fraction of sp³-hybridized carbons (Fsp3) is 0.103. The molecule has 2 heterocycles. The van der Waals surface area contributed by atoms with Crippen LogP contribution < -0.4 is 0 Å². The van der Waals surface area contributed by atoms with Gasteiger partial charge in [0.1, 0.15) is 0 Å². The van der Waals surface area contributed by atoms with Crippen LogP contribution >= 0.6 is 0 Å². The minimum absolute atomic E-state index is 0.0754. The van der Waals surface area contributed by atoms with Gasteiger partial charge in [-0.05, 0) is 40.5 Å². The third-order valence-corrected chi connectivity index (χ3v) is 6.51. The third-order valence-electron chi connectivity index (χ3n) is 6.51. The van der Waals surface area contributed by atoms with Crippen LogP contribution in [-0.2, 0) is 5.41 Å². The van der Waals surface area contributed by atoms with Crippen molar-refractivity contribution in [1.29, 1.82) is 0 Å². The maximum atomic E-state index is 5.01. The second-order valence-corrected chi connectivity index (χ2v) is 8.73. The van der Waals surface area contributed by atoms with Gasteiger partial charge in [0, 0.05) is 28.1 Å². The van der Waals surface area contributed by atoms with E-state index in [1.54, 1.807) is 0 Å². The number of benzene rings is 3. The van der Waals surface area contributed by atoms with Gasteiger partial charge in [-0.15, -0.1) is 0 Å². The van der Waals surface area contributed by atoms with E-state index in [4.69, 9.17) is 9.97 Å².